The third-order valence-corrected chi connectivity index (χ3v) is 2.20. The molecule has 1 unspecified atom stereocenters. The summed E-state index contributed by atoms with van der Waals surface area (Å²) in [5.74, 6) is -3.06. The predicted octanol–water partition coefficient (Wildman–Crippen LogP) is -0.641. The van der Waals surface area contributed by atoms with Gasteiger partial charge in [0.15, 0.2) is 0 Å². The number of amides is 1. The number of nitrogens with zero attached hydrogens (tertiary/aromatic N) is 1. The highest BCUT2D eigenvalue weighted by Crippen LogP contribution is 2.02. The van der Waals surface area contributed by atoms with Gasteiger partial charge in [-0.2, -0.15) is 0 Å². The topological polar surface area (TPSA) is 121 Å². The second-order valence-corrected chi connectivity index (χ2v) is 3.94. The highest BCUT2D eigenvalue weighted by Gasteiger charge is 2.17. The summed E-state index contributed by atoms with van der Waals surface area (Å²) in [6.07, 6.45) is 0.339. The van der Waals surface area contributed by atoms with Gasteiger partial charge >= 0.3 is 11.9 Å². The van der Waals surface area contributed by atoms with E-state index >= 15 is 0 Å². The van der Waals surface area contributed by atoms with Gasteiger partial charge in [0.2, 0.25) is 5.91 Å². The van der Waals surface area contributed by atoms with Gasteiger partial charge in [-0.15, -0.1) is 0 Å². The van der Waals surface area contributed by atoms with Gasteiger partial charge < -0.3 is 15.9 Å². The van der Waals surface area contributed by atoms with Gasteiger partial charge in [0.05, 0.1) is 12.5 Å². The Balaban J connectivity index is 4.18. The van der Waals surface area contributed by atoms with Gasteiger partial charge in [-0.3, -0.25) is 19.3 Å². The SMILES string of the molecule is CC(CN(CCCC(=O)O)CC(N)=O)C(=O)O. The molecule has 4 N–H and O–H groups in total. The molecule has 0 bridgehead atoms. The normalized spacial score (nSPS) is 12.4. The highest BCUT2D eigenvalue weighted by molar-refractivity contribution is 5.76. The first-order valence-electron chi connectivity index (χ1n) is 5.28. The van der Waals surface area contributed by atoms with Crippen molar-refractivity contribution in [2.24, 2.45) is 11.7 Å². The summed E-state index contributed by atoms with van der Waals surface area (Å²) in [5, 5.41) is 17.2. The molecule has 17 heavy (non-hydrogen) atoms. The second-order valence-electron chi connectivity index (χ2n) is 3.94. The van der Waals surface area contributed by atoms with Gasteiger partial charge in [0.1, 0.15) is 0 Å². The van der Waals surface area contributed by atoms with E-state index in [9.17, 15) is 14.4 Å². The molecule has 1 amide bonds. The molecule has 0 radical (unpaired) electrons. The molecule has 0 fully saturated rings. The molecule has 98 valence electrons. The smallest absolute Gasteiger partial charge is 0.307 e. The predicted molar refractivity (Wildman–Crippen MR) is 59.3 cm³/mol. The van der Waals surface area contributed by atoms with Crippen molar-refractivity contribution in [2.75, 3.05) is 19.6 Å². The summed E-state index contributed by atoms with van der Waals surface area (Å²) in [7, 11) is 0. The maximum absolute atomic E-state index is 10.8. The van der Waals surface area contributed by atoms with Crippen molar-refractivity contribution in [1.82, 2.24) is 4.90 Å². The summed E-state index contributed by atoms with van der Waals surface area (Å²) in [4.78, 5) is 33.3. The molecule has 0 aliphatic carbocycles. The van der Waals surface area contributed by atoms with Crippen LogP contribution in [-0.4, -0.2) is 52.6 Å². The molecule has 0 heterocycles. The van der Waals surface area contributed by atoms with Crippen LogP contribution in [0.4, 0.5) is 0 Å². The first-order valence-corrected chi connectivity index (χ1v) is 5.28. The van der Waals surface area contributed by atoms with E-state index in [0.717, 1.165) is 0 Å². The summed E-state index contributed by atoms with van der Waals surface area (Å²) in [5.41, 5.74) is 5.03. The van der Waals surface area contributed by atoms with E-state index in [2.05, 4.69) is 0 Å². The first-order chi connectivity index (χ1) is 7.82. The molecule has 0 rings (SSSR count). The first kappa shape index (κ1) is 15.4. The number of carbonyl (C=O) groups is 3. The van der Waals surface area contributed by atoms with Crippen LogP contribution in [0.25, 0.3) is 0 Å². The Bertz CT molecular complexity index is 292. The van der Waals surface area contributed by atoms with Gasteiger partial charge in [0.25, 0.3) is 0 Å². The van der Waals surface area contributed by atoms with Crippen LogP contribution in [0, 0.1) is 5.92 Å². The van der Waals surface area contributed by atoms with Crippen molar-refractivity contribution in [3.8, 4) is 0 Å². The molecule has 0 spiro atoms. The minimum atomic E-state index is -0.960. The zero-order chi connectivity index (χ0) is 13.4. The van der Waals surface area contributed by atoms with E-state index in [-0.39, 0.29) is 19.5 Å². The number of hydrogen-bond donors (Lipinski definition) is 3. The molecular formula is C10H18N2O5. The van der Waals surface area contributed by atoms with Crippen LogP contribution in [0.3, 0.4) is 0 Å². The number of carboxylic acid groups (broad SMARTS) is 2. The minimum absolute atomic E-state index is 0.0171. The van der Waals surface area contributed by atoms with Crippen molar-refractivity contribution in [3.05, 3.63) is 0 Å². The average Bonchev–Trinajstić information content (AvgIpc) is 2.15. The third-order valence-electron chi connectivity index (χ3n) is 2.20. The summed E-state index contributed by atoms with van der Waals surface area (Å²) in [6.45, 7) is 1.98. The van der Waals surface area contributed by atoms with Crippen LogP contribution < -0.4 is 5.73 Å². The van der Waals surface area contributed by atoms with Crippen molar-refractivity contribution in [2.45, 2.75) is 19.8 Å². The largest absolute Gasteiger partial charge is 0.481 e. The van der Waals surface area contributed by atoms with Crippen LogP contribution in [0.15, 0.2) is 0 Å². The lowest BCUT2D eigenvalue weighted by atomic mass is 10.1. The van der Waals surface area contributed by atoms with Crippen molar-refractivity contribution < 1.29 is 24.6 Å². The fourth-order valence-electron chi connectivity index (χ4n) is 1.37. The Morgan fingerprint density at radius 3 is 2.29 bits per heavy atom. The Hall–Kier alpha value is -1.63. The summed E-state index contributed by atoms with van der Waals surface area (Å²) in [6, 6.07) is 0. The molecule has 0 saturated carbocycles. The lowest BCUT2D eigenvalue weighted by molar-refractivity contribution is -0.142. The van der Waals surface area contributed by atoms with Crippen LogP contribution in [0.5, 0.6) is 0 Å². The minimum Gasteiger partial charge on any atom is -0.481 e. The Labute approximate surface area is 99.2 Å². The van der Waals surface area contributed by atoms with Crippen LogP contribution in [0.1, 0.15) is 19.8 Å². The molecule has 0 aliphatic heterocycles. The van der Waals surface area contributed by atoms with Gasteiger partial charge in [-0.1, -0.05) is 6.92 Å². The molecule has 7 nitrogen and oxygen atoms in total. The standard InChI is InChI=1S/C10H18N2O5/c1-7(10(16)17)5-12(6-8(11)13)4-2-3-9(14)15/h7H,2-6H2,1H3,(H2,11,13)(H,14,15)(H,16,17). The zero-order valence-electron chi connectivity index (χ0n) is 9.76. The van der Waals surface area contributed by atoms with E-state index in [4.69, 9.17) is 15.9 Å². The fraction of sp³-hybridized carbons (Fsp3) is 0.700. The number of hydrogen-bond acceptors (Lipinski definition) is 4. The van der Waals surface area contributed by atoms with E-state index in [0.29, 0.717) is 13.0 Å². The molecule has 0 aromatic rings. The average molecular weight is 246 g/mol. The number of carbonyl (C=O) groups excluding carboxylic acids is 1. The van der Waals surface area contributed by atoms with Crippen molar-refractivity contribution in [1.29, 1.82) is 0 Å². The Kier molecular flexibility index (Phi) is 6.88. The monoisotopic (exact) mass is 246 g/mol. The Morgan fingerprint density at radius 1 is 1.29 bits per heavy atom. The van der Waals surface area contributed by atoms with Gasteiger partial charge in [0, 0.05) is 13.0 Å². The molecule has 0 saturated heterocycles. The number of carboxylic acids is 2. The summed E-state index contributed by atoms with van der Waals surface area (Å²) >= 11 is 0. The van der Waals surface area contributed by atoms with Crippen LogP contribution >= 0.6 is 0 Å². The molecular weight excluding hydrogens is 228 g/mol. The number of aliphatic carboxylic acids is 2. The van der Waals surface area contributed by atoms with Crippen LogP contribution in [-0.2, 0) is 14.4 Å². The molecule has 1 atom stereocenters. The van der Waals surface area contributed by atoms with E-state index in [1.54, 1.807) is 4.90 Å². The quantitative estimate of drug-likeness (QED) is 0.497. The molecule has 0 aromatic heterocycles. The van der Waals surface area contributed by atoms with Crippen LogP contribution in [0.2, 0.25) is 0 Å². The van der Waals surface area contributed by atoms with Crippen molar-refractivity contribution in [3.63, 3.8) is 0 Å². The number of nitrogens with two attached hydrogens (primary N) is 1. The maximum atomic E-state index is 10.8. The van der Waals surface area contributed by atoms with Gasteiger partial charge in [-0.25, -0.2) is 0 Å². The molecule has 0 aromatic carbocycles. The molecule has 7 heteroatoms. The van der Waals surface area contributed by atoms with E-state index < -0.39 is 23.8 Å². The fourth-order valence-corrected chi connectivity index (χ4v) is 1.37. The van der Waals surface area contributed by atoms with Crippen molar-refractivity contribution >= 4 is 17.8 Å². The Morgan fingerprint density at radius 2 is 1.88 bits per heavy atom. The number of rotatable bonds is 9. The second kappa shape index (κ2) is 7.61. The highest BCUT2D eigenvalue weighted by atomic mass is 16.4. The lowest BCUT2D eigenvalue weighted by Gasteiger charge is -2.22. The maximum Gasteiger partial charge on any atom is 0.307 e. The molecule has 0 aliphatic rings. The third kappa shape index (κ3) is 8.21. The van der Waals surface area contributed by atoms with Gasteiger partial charge in [-0.05, 0) is 13.0 Å². The zero-order valence-corrected chi connectivity index (χ0v) is 9.76. The number of primary amides is 1. The summed E-state index contributed by atoms with van der Waals surface area (Å²) < 4.78 is 0. The lowest BCUT2D eigenvalue weighted by Crippen LogP contribution is -2.39. The van der Waals surface area contributed by atoms with E-state index in [1.807, 2.05) is 0 Å². The van der Waals surface area contributed by atoms with E-state index in [1.165, 1.54) is 6.92 Å².